The summed E-state index contributed by atoms with van der Waals surface area (Å²) in [7, 11) is 1.56. The second-order valence-corrected chi connectivity index (χ2v) is 6.13. The van der Waals surface area contributed by atoms with Crippen molar-refractivity contribution < 1.29 is 14.3 Å². The van der Waals surface area contributed by atoms with Crippen molar-refractivity contribution in [1.29, 1.82) is 0 Å². The molecule has 0 N–H and O–H groups in total. The fourth-order valence-electron chi connectivity index (χ4n) is 2.12. The molecule has 1 heterocycles. The first-order valence-electron chi connectivity index (χ1n) is 7.07. The number of carbonyl (C=O) groups excluding carboxylic acids is 2. The lowest BCUT2D eigenvalue weighted by molar-refractivity contribution is -0.112. The fraction of sp³-hybridized carbons (Fsp3) is 0.353. The molecule has 0 aliphatic carbocycles. The van der Waals surface area contributed by atoms with Gasteiger partial charge in [0.1, 0.15) is 17.9 Å². The molecule has 0 aliphatic rings. The van der Waals surface area contributed by atoms with Crippen molar-refractivity contribution in [2.45, 2.75) is 32.4 Å². The van der Waals surface area contributed by atoms with Gasteiger partial charge in [-0.3, -0.25) is 9.88 Å². The van der Waals surface area contributed by atoms with Gasteiger partial charge in [0, 0.05) is 18.6 Å². The maximum atomic E-state index is 12.1. The van der Waals surface area contributed by atoms with Gasteiger partial charge in [-0.25, -0.2) is 4.79 Å². The van der Waals surface area contributed by atoms with Gasteiger partial charge >= 0.3 is 6.09 Å². The molecule has 0 saturated carbocycles. The number of ether oxygens (including phenoxy) is 1. The van der Waals surface area contributed by atoms with Crippen molar-refractivity contribution >= 4 is 23.3 Å². The van der Waals surface area contributed by atoms with Crippen molar-refractivity contribution in [3.05, 3.63) is 42.1 Å². The molecule has 0 spiro atoms. The molecule has 0 bridgehead atoms. The van der Waals surface area contributed by atoms with Crippen LogP contribution in [0.3, 0.4) is 0 Å². The highest BCUT2D eigenvalue weighted by atomic mass is 16.6. The van der Waals surface area contributed by atoms with Gasteiger partial charge in [-0.2, -0.15) is 0 Å². The Morgan fingerprint density at radius 2 is 2.05 bits per heavy atom. The van der Waals surface area contributed by atoms with Crippen LogP contribution in [0.25, 0.3) is 10.9 Å². The molecular weight excluding hydrogens is 280 g/mol. The van der Waals surface area contributed by atoms with Gasteiger partial charge < -0.3 is 9.53 Å². The average molecular weight is 300 g/mol. The SMILES string of the molecule is CN(C(=O)OC(C)(C)C)C(C=O)c1ccc2ncccc2c1. The van der Waals surface area contributed by atoms with E-state index in [1.54, 1.807) is 40.1 Å². The molecule has 1 amide bonds. The van der Waals surface area contributed by atoms with Crippen molar-refractivity contribution in [3.8, 4) is 0 Å². The number of likely N-dealkylation sites (N-methyl/N-ethyl adjacent to an activating group) is 1. The average Bonchev–Trinajstić information content (AvgIpc) is 2.46. The van der Waals surface area contributed by atoms with Crippen LogP contribution in [-0.2, 0) is 9.53 Å². The van der Waals surface area contributed by atoms with Crippen molar-refractivity contribution in [3.63, 3.8) is 0 Å². The monoisotopic (exact) mass is 300 g/mol. The van der Waals surface area contributed by atoms with E-state index in [4.69, 9.17) is 4.74 Å². The molecule has 1 aromatic carbocycles. The number of benzene rings is 1. The van der Waals surface area contributed by atoms with Crippen LogP contribution in [0.4, 0.5) is 4.79 Å². The second kappa shape index (κ2) is 6.13. The van der Waals surface area contributed by atoms with Crippen molar-refractivity contribution in [2.75, 3.05) is 7.05 Å². The maximum Gasteiger partial charge on any atom is 0.410 e. The van der Waals surface area contributed by atoms with Gasteiger partial charge in [0.15, 0.2) is 0 Å². The standard InChI is InChI=1S/C17H20N2O3/c1-17(2,3)22-16(21)19(4)15(11-20)13-7-8-14-12(10-13)6-5-9-18-14/h5-11,15H,1-4H3. The highest BCUT2D eigenvalue weighted by Crippen LogP contribution is 2.23. The lowest BCUT2D eigenvalue weighted by Crippen LogP contribution is -2.37. The summed E-state index contributed by atoms with van der Waals surface area (Å²) in [5.74, 6) is 0. The third-order valence-electron chi connectivity index (χ3n) is 3.20. The van der Waals surface area contributed by atoms with Crippen LogP contribution in [0, 0.1) is 0 Å². The zero-order chi connectivity index (χ0) is 16.3. The third-order valence-corrected chi connectivity index (χ3v) is 3.20. The van der Waals surface area contributed by atoms with E-state index in [2.05, 4.69) is 4.98 Å². The van der Waals surface area contributed by atoms with Gasteiger partial charge in [0.25, 0.3) is 0 Å². The number of fused-ring (bicyclic) bond motifs is 1. The number of aldehydes is 1. The first-order valence-corrected chi connectivity index (χ1v) is 7.07. The molecule has 1 atom stereocenters. The van der Waals surface area contributed by atoms with Crippen LogP contribution < -0.4 is 0 Å². The molecule has 0 saturated heterocycles. The minimum Gasteiger partial charge on any atom is -0.444 e. The highest BCUT2D eigenvalue weighted by Gasteiger charge is 2.26. The lowest BCUT2D eigenvalue weighted by Gasteiger charge is -2.28. The second-order valence-electron chi connectivity index (χ2n) is 6.13. The van der Waals surface area contributed by atoms with Crippen LogP contribution in [0.15, 0.2) is 36.5 Å². The molecule has 5 heteroatoms. The lowest BCUT2D eigenvalue weighted by atomic mass is 10.0. The van der Waals surface area contributed by atoms with E-state index < -0.39 is 17.7 Å². The highest BCUT2D eigenvalue weighted by molar-refractivity contribution is 5.81. The maximum absolute atomic E-state index is 12.1. The summed E-state index contributed by atoms with van der Waals surface area (Å²) >= 11 is 0. The molecule has 2 rings (SSSR count). The van der Waals surface area contributed by atoms with Crippen LogP contribution in [-0.4, -0.2) is 34.9 Å². The zero-order valence-corrected chi connectivity index (χ0v) is 13.2. The van der Waals surface area contributed by atoms with Gasteiger partial charge in [0.2, 0.25) is 0 Å². The predicted molar refractivity (Wildman–Crippen MR) is 84.5 cm³/mol. The van der Waals surface area contributed by atoms with Gasteiger partial charge in [-0.1, -0.05) is 12.1 Å². The quantitative estimate of drug-likeness (QED) is 0.816. The molecule has 0 fully saturated rings. The van der Waals surface area contributed by atoms with E-state index in [-0.39, 0.29) is 0 Å². The minimum atomic E-state index is -0.695. The van der Waals surface area contributed by atoms with Gasteiger partial charge in [-0.15, -0.1) is 0 Å². The summed E-state index contributed by atoms with van der Waals surface area (Å²) in [6, 6.07) is 8.56. The third kappa shape index (κ3) is 3.61. The molecule has 1 unspecified atom stereocenters. The Balaban J connectivity index is 2.29. The number of pyridine rings is 1. The number of hydrogen-bond donors (Lipinski definition) is 0. The van der Waals surface area contributed by atoms with Gasteiger partial charge in [0.05, 0.1) is 5.52 Å². The molecule has 0 aliphatic heterocycles. The Labute approximate surface area is 129 Å². The summed E-state index contributed by atoms with van der Waals surface area (Å²) in [4.78, 5) is 29.2. The molecule has 0 radical (unpaired) electrons. The Morgan fingerprint density at radius 1 is 1.32 bits per heavy atom. The van der Waals surface area contributed by atoms with Crippen LogP contribution in [0.1, 0.15) is 32.4 Å². The Bertz CT molecular complexity index is 692. The minimum absolute atomic E-state index is 0.532. The number of hydrogen-bond acceptors (Lipinski definition) is 4. The van der Waals surface area contributed by atoms with E-state index >= 15 is 0 Å². The van der Waals surface area contributed by atoms with Crippen LogP contribution in [0.5, 0.6) is 0 Å². The number of aromatic nitrogens is 1. The summed E-state index contributed by atoms with van der Waals surface area (Å²) in [6.45, 7) is 5.36. The number of carbonyl (C=O) groups is 2. The number of amides is 1. The normalized spacial score (nSPS) is 12.7. The van der Waals surface area contributed by atoms with Gasteiger partial charge in [-0.05, 0) is 44.5 Å². The van der Waals surface area contributed by atoms with E-state index in [9.17, 15) is 9.59 Å². The van der Waals surface area contributed by atoms with E-state index in [1.165, 1.54) is 4.90 Å². The van der Waals surface area contributed by atoms with Crippen molar-refractivity contribution in [1.82, 2.24) is 9.88 Å². The van der Waals surface area contributed by atoms with Crippen molar-refractivity contribution in [2.24, 2.45) is 0 Å². The van der Waals surface area contributed by atoms with E-state index in [0.717, 1.165) is 22.8 Å². The van der Waals surface area contributed by atoms with E-state index in [0.29, 0.717) is 0 Å². The first-order chi connectivity index (χ1) is 10.3. The number of nitrogens with zero attached hydrogens (tertiary/aromatic N) is 2. The predicted octanol–water partition coefficient (Wildman–Crippen LogP) is 3.34. The number of rotatable bonds is 3. The van der Waals surface area contributed by atoms with E-state index in [1.807, 2.05) is 24.3 Å². The molecule has 5 nitrogen and oxygen atoms in total. The Hall–Kier alpha value is -2.43. The molecule has 2 aromatic rings. The van der Waals surface area contributed by atoms with Crippen LogP contribution >= 0.6 is 0 Å². The topological polar surface area (TPSA) is 59.5 Å². The fourth-order valence-corrected chi connectivity index (χ4v) is 2.12. The smallest absolute Gasteiger partial charge is 0.410 e. The summed E-state index contributed by atoms with van der Waals surface area (Å²) < 4.78 is 5.31. The summed E-state index contributed by atoms with van der Waals surface area (Å²) in [6.07, 6.45) is 1.92. The molecule has 116 valence electrons. The Morgan fingerprint density at radius 3 is 2.68 bits per heavy atom. The molecular formula is C17H20N2O3. The Kier molecular flexibility index (Phi) is 4.45. The molecule has 1 aromatic heterocycles. The zero-order valence-electron chi connectivity index (χ0n) is 13.2. The first kappa shape index (κ1) is 15.9. The summed E-state index contributed by atoms with van der Waals surface area (Å²) in [5.41, 5.74) is 0.964. The summed E-state index contributed by atoms with van der Waals surface area (Å²) in [5, 5.41) is 0.921. The largest absolute Gasteiger partial charge is 0.444 e. The molecule has 22 heavy (non-hydrogen) atoms. The van der Waals surface area contributed by atoms with Crippen LogP contribution in [0.2, 0.25) is 0 Å².